The maximum atomic E-state index is 13.4. The van der Waals surface area contributed by atoms with Crippen LogP contribution in [0.2, 0.25) is 0 Å². The molecule has 2 aromatic carbocycles. The Bertz CT molecular complexity index is 1080. The third kappa shape index (κ3) is 5.27. The molecule has 0 aliphatic rings. The molecule has 4 N–H and O–H groups in total. The van der Waals surface area contributed by atoms with Crippen LogP contribution < -0.4 is 20.5 Å². The highest BCUT2D eigenvalue weighted by Crippen LogP contribution is 2.27. The molecule has 0 heterocycles. The molecule has 0 aliphatic heterocycles. The number of rotatable bonds is 8. The molecule has 162 valence electrons. The van der Waals surface area contributed by atoms with Gasteiger partial charge in [0.2, 0.25) is 15.9 Å². The van der Waals surface area contributed by atoms with Crippen molar-refractivity contribution in [3.63, 3.8) is 0 Å². The van der Waals surface area contributed by atoms with Gasteiger partial charge >= 0.3 is 0 Å². The van der Waals surface area contributed by atoms with E-state index in [-0.39, 0.29) is 21.9 Å². The van der Waals surface area contributed by atoms with Crippen LogP contribution in [0.3, 0.4) is 0 Å². The second-order valence-electron chi connectivity index (χ2n) is 6.10. The van der Waals surface area contributed by atoms with Gasteiger partial charge in [-0.15, -0.1) is 0 Å². The molecule has 0 spiro atoms. The minimum absolute atomic E-state index is 0.00871. The third-order valence-corrected chi connectivity index (χ3v) is 5.51. The van der Waals surface area contributed by atoms with Gasteiger partial charge in [-0.25, -0.2) is 21.6 Å². The number of amides is 2. The number of hydrogen-bond donors (Lipinski definition) is 3. The molecule has 1 atom stereocenters. The third-order valence-electron chi connectivity index (χ3n) is 3.97. The SMILES string of the molecule is COc1ccc(S(=O)(=O)NC(C)C(N)=O)cc1C(=O)Nc1ccc(F)c(C(F)F)c1. The summed E-state index contributed by atoms with van der Waals surface area (Å²) >= 11 is 0. The Kier molecular flexibility index (Phi) is 7.05. The van der Waals surface area contributed by atoms with Crippen LogP contribution in [0.5, 0.6) is 5.75 Å². The first-order chi connectivity index (χ1) is 14.0. The van der Waals surface area contributed by atoms with Gasteiger partial charge < -0.3 is 15.8 Å². The number of hydrogen-bond acceptors (Lipinski definition) is 5. The molecule has 0 fully saturated rings. The van der Waals surface area contributed by atoms with Crippen LogP contribution in [0.25, 0.3) is 0 Å². The number of halogens is 3. The molecular weight excluding hydrogens is 427 g/mol. The first-order valence-corrected chi connectivity index (χ1v) is 9.83. The van der Waals surface area contributed by atoms with Crippen molar-refractivity contribution in [1.29, 1.82) is 0 Å². The summed E-state index contributed by atoms with van der Waals surface area (Å²) in [7, 11) is -2.98. The molecule has 12 heteroatoms. The Morgan fingerprint density at radius 3 is 2.37 bits per heavy atom. The van der Waals surface area contributed by atoms with Crippen molar-refractivity contribution in [2.24, 2.45) is 5.73 Å². The normalized spacial score (nSPS) is 12.5. The minimum atomic E-state index is -4.22. The average molecular weight is 445 g/mol. The monoisotopic (exact) mass is 445 g/mol. The van der Waals surface area contributed by atoms with Gasteiger partial charge in [0.1, 0.15) is 11.6 Å². The van der Waals surface area contributed by atoms with Gasteiger partial charge in [-0.3, -0.25) is 9.59 Å². The maximum absolute atomic E-state index is 13.4. The zero-order valence-electron chi connectivity index (χ0n) is 15.8. The summed E-state index contributed by atoms with van der Waals surface area (Å²) in [5.74, 6) is -2.94. The lowest BCUT2D eigenvalue weighted by atomic mass is 10.1. The number of anilines is 1. The lowest BCUT2D eigenvalue weighted by Crippen LogP contribution is -2.42. The fourth-order valence-electron chi connectivity index (χ4n) is 2.38. The number of benzene rings is 2. The molecule has 0 radical (unpaired) electrons. The number of alkyl halides is 2. The highest BCUT2D eigenvalue weighted by Gasteiger charge is 2.24. The Balaban J connectivity index is 2.39. The quantitative estimate of drug-likeness (QED) is 0.574. The molecule has 1 unspecified atom stereocenters. The number of primary amides is 1. The summed E-state index contributed by atoms with van der Waals surface area (Å²) in [5.41, 5.74) is 3.77. The Morgan fingerprint density at radius 2 is 1.80 bits per heavy atom. The Labute approximate surface area is 170 Å². The van der Waals surface area contributed by atoms with Crippen LogP contribution >= 0.6 is 0 Å². The van der Waals surface area contributed by atoms with Crippen molar-refractivity contribution in [3.05, 3.63) is 53.3 Å². The summed E-state index contributed by atoms with van der Waals surface area (Å²) in [5, 5.41) is 2.28. The van der Waals surface area contributed by atoms with Crippen LogP contribution in [0, 0.1) is 5.82 Å². The molecule has 8 nitrogen and oxygen atoms in total. The predicted molar refractivity (Wildman–Crippen MR) is 101 cm³/mol. The minimum Gasteiger partial charge on any atom is -0.496 e. The molecule has 0 saturated heterocycles. The molecule has 2 aromatic rings. The number of carbonyl (C=O) groups is 2. The summed E-state index contributed by atoms with van der Waals surface area (Å²) < 4.78 is 71.1. The number of sulfonamides is 1. The van der Waals surface area contributed by atoms with Crippen LogP contribution in [0.4, 0.5) is 18.9 Å². The molecule has 0 aromatic heterocycles. The fourth-order valence-corrected chi connectivity index (χ4v) is 3.62. The predicted octanol–water partition coefficient (Wildman–Crippen LogP) is 2.18. The lowest BCUT2D eigenvalue weighted by Gasteiger charge is -2.14. The largest absolute Gasteiger partial charge is 0.496 e. The van der Waals surface area contributed by atoms with Gasteiger partial charge in [-0.1, -0.05) is 0 Å². The van der Waals surface area contributed by atoms with E-state index in [0.717, 1.165) is 30.3 Å². The van der Waals surface area contributed by atoms with E-state index in [0.29, 0.717) is 0 Å². The maximum Gasteiger partial charge on any atom is 0.266 e. The molecular formula is C18H18F3N3O5S. The number of ether oxygens (including phenoxy) is 1. The molecule has 30 heavy (non-hydrogen) atoms. The smallest absolute Gasteiger partial charge is 0.266 e. The zero-order chi connectivity index (χ0) is 22.6. The van der Waals surface area contributed by atoms with E-state index in [4.69, 9.17) is 10.5 Å². The van der Waals surface area contributed by atoms with Crippen LogP contribution in [0.15, 0.2) is 41.3 Å². The molecule has 0 aliphatic carbocycles. The van der Waals surface area contributed by atoms with E-state index in [1.807, 2.05) is 0 Å². The molecule has 0 bridgehead atoms. The molecule has 2 amide bonds. The zero-order valence-corrected chi connectivity index (χ0v) is 16.6. The first kappa shape index (κ1) is 23.2. The van der Waals surface area contributed by atoms with E-state index >= 15 is 0 Å². The number of methoxy groups -OCH3 is 1. The molecule has 0 saturated carbocycles. The highest BCUT2D eigenvalue weighted by atomic mass is 32.2. The van der Waals surface area contributed by atoms with E-state index in [1.165, 1.54) is 20.1 Å². The number of nitrogens with two attached hydrogens (primary N) is 1. The van der Waals surface area contributed by atoms with Gasteiger partial charge in [-0.05, 0) is 43.3 Å². The van der Waals surface area contributed by atoms with Crippen molar-refractivity contribution in [1.82, 2.24) is 4.72 Å². The second kappa shape index (κ2) is 9.13. The molecule has 2 rings (SSSR count). The van der Waals surface area contributed by atoms with E-state index in [1.54, 1.807) is 0 Å². The van der Waals surface area contributed by atoms with Crippen molar-refractivity contribution in [2.75, 3.05) is 12.4 Å². The van der Waals surface area contributed by atoms with Crippen molar-refractivity contribution < 1.29 is 35.9 Å². The van der Waals surface area contributed by atoms with E-state index in [2.05, 4.69) is 10.0 Å². The Hall–Kier alpha value is -3.12. The van der Waals surface area contributed by atoms with Gasteiger partial charge in [0.25, 0.3) is 12.3 Å². The lowest BCUT2D eigenvalue weighted by molar-refractivity contribution is -0.119. The van der Waals surface area contributed by atoms with Crippen LogP contribution in [-0.2, 0) is 14.8 Å². The first-order valence-electron chi connectivity index (χ1n) is 8.35. The van der Waals surface area contributed by atoms with Crippen molar-refractivity contribution in [2.45, 2.75) is 24.3 Å². The van der Waals surface area contributed by atoms with E-state index < -0.39 is 45.7 Å². The highest BCUT2D eigenvalue weighted by molar-refractivity contribution is 7.89. The standard InChI is InChI=1S/C18H18F3N3O5S/c1-9(17(22)25)24-30(27,28)11-4-6-15(29-2)13(8-11)18(26)23-10-3-5-14(19)12(7-10)16(20)21/h3-9,16,24H,1-2H3,(H2,22,25)(H,23,26). The van der Waals surface area contributed by atoms with Crippen molar-refractivity contribution >= 4 is 27.5 Å². The summed E-state index contributed by atoms with van der Waals surface area (Å²) in [6.45, 7) is 1.24. The fraction of sp³-hybridized carbons (Fsp3) is 0.222. The van der Waals surface area contributed by atoms with Gasteiger partial charge in [0.15, 0.2) is 0 Å². The second-order valence-corrected chi connectivity index (χ2v) is 7.81. The van der Waals surface area contributed by atoms with E-state index in [9.17, 15) is 31.2 Å². The van der Waals surface area contributed by atoms with Gasteiger partial charge in [-0.2, -0.15) is 4.72 Å². The summed E-state index contributed by atoms with van der Waals surface area (Å²) in [6.07, 6.45) is -3.09. The number of carbonyl (C=O) groups excluding carboxylic acids is 2. The average Bonchev–Trinajstić information content (AvgIpc) is 2.68. The van der Waals surface area contributed by atoms with Gasteiger partial charge in [0, 0.05) is 5.69 Å². The topological polar surface area (TPSA) is 128 Å². The van der Waals surface area contributed by atoms with Gasteiger partial charge in [0.05, 0.1) is 29.2 Å². The Morgan fingerprint density at radius 1 is 1.13 bits per heavy atom. The summed E-state index contributed by atoms with van der Waals surface area (Å²) in [6, 6.07) is 4.71. The van der Waals surface area contributed by atoms with Crippen LogP contribution in [-0.4, -0.2) is 33.4 Å². The summed E-state index contributed by atoms with van der Waals surface area (Å²) in [4.78, 5) is 23.4. The van der Waals surface area contributed by atoms with Crippen LogP contribution in [0.1, 0.15) is 29.3 Å². The van der Waals surface area contributed by atoms with Crippen molar-refractivity contribution in [3.8, 4) is 5.75 Å². The number of nitrogens with one attached hydrogen (secondary N) is 2.